The van der Waals surface area contributed by atoms with E-state index in [4.69, 9.17) is 4.74 Å². The van der Waals surface area contributed by atoms with Crippen LogP contribution in [0.5, 0.6) is 0 Å². The second kappa shape index (κ2) is 5.67. The molecule has 0 aromatic heterocycles. The first-order valence-corrected chi connectivity index (χ1v) is 9.81. The molecule has 0 radical (unpaired) electrons. The smallest absolute Gasteiger partial charge is 0.309 e. The maximum atomic E-state index is 12.3. The molecule has 4 aliphatic carbocycles. The molecule has 3 fully saturated rings. The molecule has 0 heterocycles. The van der Waals surface area contributed by atoms with Crippen LogP contribution in [0.2, 0.25) is 0 Å². The topological polar surface area (TPSA) is 63.6 Å². The first-order valence-electron chi connectivity index (χ1n) is 9.81. The number of allylic oxidation sites excluding steroid dienone is 1. The molecule has 25 heavy (non-hydrogen) atoms. The Bertz CT molecular complexity index is 638. The lowest BCUT2D eigenvalue weighted by Gasteiger charge is -2.59. The quantitative estimate of drug-likeness (QED) is 0.740. The van der Waals surface area contributed by atoms with Gasteiger partial charge in [-0.25, -0.2) is 0 Å². The van der Waals surface area contributed by atoms with Crippen molar-refractivity contribution in [1.82, 2.24) is 0 Å². The SMILES string of the molecule is COC(=O)C1CCC2C3CCC4=CC(=O)CCC4(C)C3C(O)CC12C. The van der Waals surface area contributed by atoms with Crippen molar-refractivity contribution in [3.8, 4) is 0 Å². The number of esters is 1. The fourth-order valence-corrected chi connectivity index (χ4v) is 7.22. The number of ether oxygens (including phenoxy) is 1. The van der Waals surface area contributed by atoms with Gasteiger partial charge in [-0.3, -0.25) is 9.59 Å². The highest BCUT2D eigenvalue weighted by Gasteiger charge is 2.63. The van der Waals surface area contributed by atoms with Gasteiger partial charge in [-0.05, 0) is 73.2 Å². The Hall–Kier alpha value is -1.16. The molecule has 0 spiro atoms. The number of hydrogen-bond donors (Lipinski definition) is 1. The van der Waals surface area contributed by atoms with Crippen molar-refractivity contribution in [1.29, 1.82) is 0 Å². The average Bonchev–Trinajstić information content (AvgIpc) is 2.91. The van der Waals surface area contributed by atoms with Crippen LogP contribution >= 0.6 is 0 Å². The van der Waals surface area contributed by atoms with E-state index in [1.807, 2.05) is 6.08 Å². The molecule has 7 atom stereocenters. The van der Waals surface area contributed by atoms with Crippen molar-refractivity contribution in [2.45, 2.75) is 64.9 Å². The van der Waals surface area contributed by atoms with Gasteiger partial charge in [-0.1, -0.05) is 19.4 Å². The Morgan fingerprint density at radius 3 is 2.72 bits per heavy atom. The van der Waals surface area contributed by atoms with Crippen LogP contribution in [0.4, 0.5) is 0 Å². The number of aliphatic hydroxyl groups excluding tert-OH is 1. The molecule has 0 aliphatic heterocycles. The van der Waals surface area contributed by atoms with E-state index >= 15 is 0 Å². The van der Waals surface area contributed by atoms with Gasteiger partial charge in [0.1, 0.15) is 0 Å². The lowest BCUT2D eigenvalue weighted by atomic mass is 9.46. The van der Waals surface area contributed by atoms with Gasteiger partial charge in [0, 0.05) is 6.42 Å². The van der Waals surface area contributed by atoms with Crippen LogP contribution in [-0.2, 0) is 14.3 Å². The number of methoxy groups -OCH3 is 1. The summed E-state index contributed by atoms with van der Waals surface area (Å²) in [6, 6.07) is 0. The van der Waals surface area contributed by atoms with Gasteiger partial charge in [-0.15, -0.1) is 0 Å². The Balaban J connectivity index is 1.70. The minimum atomic E-state index is -0.404. The highest BCUT2D eigenvalue weighted by atomic mass is 16.5. The van der Waals surface area contributed by atoms with Crippen LogP contribution < -0.4 is 0 Å². The normalized spacial score (nSPS) is 48.9. The van der Waals surface area contributed by atoms with Crippen LogP contribution in [0.1, 0.15) is 58.8 Å². The minimum Gasteiger partial charge on any atom is -0.469 e. The molecule has 0 aromatic carbocycles. The van der Waals surface area contributed by atoms with Crippen LogP contribution in [0.3, 0.4) is 0 Å². The number of aliphatic hydroxyl groups is 1. The minimum absolute atomic E-state index is 0.0546. The molecular weight excluding hydrogens is 316 g/mol. The van der Waals surface area contributed by atoms with Gasteiger partial charge in [0.05, 0.1) is 19.1 Å². The van der Waals surface area contributed by atoms with Gasteiger partial charge < -0.3 is 9.84 Å². The van der Waals surface area contributed by atoms with Crippen LogP contribution in [0.15, 0.2) is 11.6 Å². The maximum absolute atomic E-state index is 12.3. The molecule has 0 saturated heterocycles. The summed E-state index contributed by atoms with van der Waals surface area (Å²) >= 11 is 0. The summed E-state index contributed by atoms with van der Waals surface area (Å²) < 4.78 is 5.07. The fourth-order valence-electron chi connectivity index (χ4n) is 7.22. The van der Waals surface area contributed by atoms with Gasteiger partial charge in [0.2, 0.25) is 0 Å². The van der Waals surface area contributed by atoms with E-state index in [1.165, 1.54) is 12.7 Å². The Morgan fingerprint density at radius 2 is 2.00 bits per heavy atom. The summed E-state index contributed by atoms with van der Waals surface area (Å²) in [6.45, 7) is 4.46. The lowest BCUT2D eigenvalue weighted by Crippen LogP contribution is -2.57. The third-order valence-corrected chi connectivity index (χ3v) is 8.38. The third-order valence-electron chi connectivity index (χ3n) is 8.38. The highest BCUT2D eigenvalue weighted by Crippen LogP contribution is 2.66. The van der Waals surface area contributed by atoms with Crippen molar-refractivity contribution in [2.24, 2.45) is 34.5 Å². The second-order valence-electron chi connectivity index (χ2n) is 9.32. The zero-order chi connectivity index (χ0) is 18.0. The molecule has 1 N–H and O–H groups in total. The van der Waals surface area contributed by atoms with Crippen molar-refractivity contribution in [3.05, 3.63) is 11.6 Å². The third kappa shape index (κ3) is 2.29. The standard InChI is InChI=1S/C21H30O4/c1-20-9-8-13(22)10-12(20)4-5-14-15-6-7-16(19(24)25-3)21(15,2)11-17(23)18(14)20/h10,14-18,23H,4-9,11H2,1-3H3. The molecule has 4 aliphatic rings. The van der Waals surface area contributed by atoms with E-state index in [0.717, 1.165) is 32.1 Å². The first kappa shape index (κ1) is 17.3. The molecule has 4 nitrogen and oxygen atoms in total. The zero-order valence-electron chi connectivity index (χ0n) is 15.6. The zero-order valence-corrected chi connectivity index (χ0v) is 15.6. The number of carbonyl (C=O) groups is 2. The molecule has 7 unspecified atom stereocenters. The predicted octanol–water partition coefficient (Wildman–Crippen LogP) is 3.28. The largest absolute Gasteiger partial charge is 0.469 e. The number of fused-ring (bicyclic) bond motifs is 5. The summed E-state index contributed by atoms with van der Waals surface area (Å²) in [5.74, 6) is 1.18. The number of carbonyl (C=O) groups excluding carboxylic acids is 2. The first-order chi connectivity index (χ1) is 11.8. The Labute approximate surface area is 150 Å². The Morgan fingerprint density at radius 1 is 1.24 bits per heavy atom. The number of hydrogen-bond acceptors (Lipinski definition) is 4. The van der Waals surface area contributed by atoms with Crippen molar-refractivity contribution < 1.29 is 19.4 Å². The molecule has 4 rings (SSSR count). The van der Waals surface area contributed by atoms with Gasteiger partial charge in [-0.2, -0.15) is 0 Å². The number of rotatable bonds is 1. The maximum Gasteiger partial charge on any atom is 0.309 e. The Kier molecular flexibility index (Phi) is 3.91. The summed E-state index contributed by atoms with van der Waals surface area (Å²) in [7, 11) is 1.47. The average molecular weight is 346 g/mol. The van der Waals surface area contributed by atoms with Gasteiger partial charge in [0.25, 0.3) is 0 Å². The van der Waals surface area contributed by atoms with E-state index in [1.54, 1.807) is 0 Å². The van der Waals surface area contributed by atoms with Crippen LogP contribution in [-0.4, -0.2) is 30.1 Å². The molecule has 4 heteroatoms. The van der Waals surface area contributed by atoms with E-state index in [-0.39, 0.29) is 34.4 Å². The van der Waals surface area contributed by atoms with Crippen LogP contribution in [0, 0.1) is 34.5 Å². The molecule has 138 valence electrons. The second-order valence-corrected chi connectivity index (χ2v) is 9.32. The molecule has 0 bridgehead atoms. The summed E-state index contributed by atoms with van der Waals surface area (Å²) in [5, 5.41) is 11.2. The van der Waals surface area contributed by atoms with Gasteiger partial charge >= 0.3 is 5.97 Å². The molecular formula is C21H30O4. The predicted molar refractivity (Wildman–Crippen MR) is 93.6 cm³/mol. The molecule has 3 saturated carbocycles. The van der Waals surface area contributed by atoms with Gasteiger partial charge in [0.15, 0.2) is 5.78 Å². The monoisotopic (exact) mass is 346 g/mol. The van der Waals surface area contributed by atoms with E-state index in [2.05, 4.69) is 13.8 Å². The van der Waals surface area contributed by atoms with E-state index in [0.29, 0.717) is 24.7 Å². The summed E-state index contributed by atoms with van der Waals surface area (Å²) in [6.07, 6.45) is 7.53. The van der Waals surface area contributed by atoms with Crippen molar-refractivity contribution in [3.63, 3.8) is 0 Å². The lowest BCUT2D eigenvalue weighted by molar-refractivity contribution is -0.161. The van der Waals surface area contributed by atoms with Crippen molar-refractivity contribution in [2.75, 3.05) is 7.11 Å². The van der Waals surface area contributed by atoms with E-state index < -0.39 is 6.10 Å². The fraction of sp³-hybridized carbons (Fsp3) is 0.810. The summed E-state index contributed by atoms with van der Waals surface area (Å²) in [5.41, 5.74) is 1.05. The van der Waals surface area contributed by atoms with E-state index in [9.17, 15) is 14.7 Å². The molecule has 0 amide bonds. The van der Waals surface area contributed by atoms with Crippen molar-refractivity contribution >= 4 is 11.8 Å². The number of ketones is 1. The molecule has 0 aromatic rings. The highest BCUT2D eigenvalue weighted by molar-refractivity contribution is 5.91. The van der Waals surface area contributed by atoms with Crippen LogP contribution in [0.25, 0.3) is 0 Å². The summed E-state index contributed by atoms with van der Waals surface area (Å²) in [4.78, 5) is 24.2.